The smallest absolute Gasteiger partial charge is 0.263 e. The van der Waals surface area contributed by atoms with Crippen molar-refractivity contribution in [1.29, 1.82) is 0 Å². The number of hydrogen-bond donors (Lipinski definition) is 3. The number of aromatic nitrogens is 2. The van der Waals surface area contributed by atoms with E-state index in [-0.39, 0.29) is 18.6 Å². The molecule has 3 aromatic heterocycles. The largest absolute Gasteiger partial charge is 0.395 e. The van der Waals surface area contributed by atoms with Crippen molar-refractivity contribution >= 4 is 44.7 Å². The zero-order chi connectivity index (χ0) is 23.7. The van der Waals surface area contributed by atoms with Crippen LogP contribution in [0.2, 0.25) is 0 Å². The first-order valence-electron chi connectivity index (χ1n) is 12.0. The van der Waals surface area contributed by atoms with Gasteiger partial charge in [0.15, 0.2) is 0 Å². The molecule has 8 nitrogen and oxygen atoms in total. The Balaban J connectivity index is 1.40. The molecule has 0 bridgehead atoms. The number of amides is 1. The summed E-state index contributed by atoms with van der Waals surface area (Å²) in [6.45, 7) is 2.63. The lowest BCUT2D eigenvalue weighted by Crippen LogP contribution is -2.52. The molecule has 1 amide bonds. The predicted octanol–water partition coefficient (Wildman–Crippen LogP) is 3.56. The van der Waals surface area contributed by atoms with Gasteiger partial charge in [0, 0.05) is 51.4 Å². The number of fused-ring (bicyclic) bond motifs is 1. The van der Waals surface area contributed by atoms with E-state index in [9.17, 15) is 9.90 Å². The molecule has 0 radical (unpaired) electrons. The molecule has 1 saturated heterocycles. The van der Waals surface area contributed by atoms with Gasteiger partial charge in [-0.05, 0) is 42.5 Å². The number of hydrogen-bond acceptors (Lipinski definition) is 8. The molecular weight excluding hydrogens is 448 g/mol. The molecule has 9 heteroatoms. The van der Waals surface area contributed by atoms with Crippen molar-refractivity contribution in [3.05, 3.63) is 41.0 Å². The van der Waals surface area contributed by atoms with Crippen molar-refractivity contribution in [1.82, 2.24) is 20.2 Å². The molecule has 0 spiro atoms. The van der Waals surface area contributed by atoms with Crippen LogP contribution in [0.15, 0.2) is 30.6 Å². The van der Waals surface area contributed by atoms with Crippen LogP contribution < -0.4 is 15.5 Å². The van der Waals surface area contributed by atoms with E-state index in [1.165, 1.54) is 18.4 Å². The van der Waals surface area contributed by atoms with E-state index in [2.05, 4.69) is 37.6 Å². The van der Waals surface area contributed by atoms with Crippen molar-refractivity contribution in [2.24, 2.45) is 0 Å². The minimum Gasteiger partial charge on any atom is -0.395 e. The average Bonchev–Trinajstić information content (AvgIpc) is 3.51. The number of carbonyl (C=O) groups is 1. The number of carbonyl (C=O) groups excluding carboxylic acids is 1. The molecule has 3 aromatic rings. The maximum atomic E-state index is 12.9. The van der Waals surface area contributed by atoms with E-state index in [1.54, 1.807) is 16.2 Å². The number of piperazine rings is 1. The first-order chi connectivity index (χ1) is 16.5. The van der Waals surface area contributed by atoms with Gasteiger partial charge in [0.2, 0.25) is 0 Å². The molecular formula is C25H32N6O2S. The average molecular weight is 481 g/mol. The van der Waals surface area contributed by atoms with E-state index in [0.29, 0.717) is 5.92 Å². The van der Waals surface area contributed by atoms with E-state index in [1.807, 2.05) is 32.6 Å². The van der Waals surface area contributed by atoms with Crippen molar-refractivity contribution in [2.75, 3.05) is 50.6 Å². The number of anilines is 3. The lowest BCUT2D eigenvalue weighted by molar-refractivity contribution is 0.0831. The third kappa shape index (κ3) is 4.60. The van der Waals surface area contributed by atoms with E-state index in [4.69, 9.17) is 0 Å². The number of nitrogens with one attached hydrogen (secondary N) is 2. The summed E-state index contributed by atoms with van der Waals surface area (Å²) in [5, 5.41) is 17.2. The first kappa shape index (κ1) is 23.0. The number of thiophene rings is 1. The van der Waals surface area contributed by atoms with Crippen LogP contribution in [-0.4, -0.2) is 72.3 Å². The fraction of sp³-hybridized carbons (Fsp3) is 0.480. The van der Waals surface area contributed by atoms with Gasteiger partial charge in [0.1, 0.15) is 11.6 Å². The summed E-state index contributed by atoms with van der Waals surface area (Å²) in [5.41, 5.74) is 2.24. The van der Waals surface area contributed by atoms with Crippen LogP contribution in [0.5, 0.6) is 0 Å². The molecule has 3 N–H and O–H groups in total. The highest BCUT2D eigenvalue weighted by Crippen LogP contribution is 2.44. The summed E-state index contributed by atoms with van der Waals surface area (Å²) in [5.74, 6) is 1.97. The summed E-state index contributed by atoms with van der Waals surface area (Å²) in [7, 11) is 3.63. The molecule has 0 aromatic carbocycles. The number of aliphatic hydroxyl groups is 1. The molecule has 5 rings (SSSR count). The fourth-order valence-corrected chi connectivity index (χ4v) is 6.29. The van der Waals surface area contributed by atoms with Crippen molar-refractivity contribution < 1.29 is 9.90 Å². The summed E-state index contributed by atoms with van der Waals surface area (Å²) >= 11 is 1.56. The molecule has 1 saturated carbocycles. The molecule has 4 heterocycles. The van der Waals surface area contributed by atoms with Crippen LogP contribution in [0.4, 0.5) is 17.3 Å². The Morgan fingerprint density at radius 1 is 1.24 bits per heavy atom. The topological polar surface area (TPSA) is 93.6 Å². The summed E-state index contributed by atoms with van der Waals surface area (Å²) in [6.07, 6.45) is 8.44. The summed E-state index contributed by atoms with van der Waals surface area (Å²) in [4.78, 5) is 26.9. The van der Waals surface area contributed by atoms with Crippen molar-refractivity contribution in [3.63, 3.8) is 0 Å². The minimum atomic E-state index is 0.0752. The van der Waals surface area contributed by atoms with Gasteiger partial charge in [0.25, 0.3) is 5.91 Å². The van der Waals surface area contributed by atoms with E-state index >= 15 is 0 Å². The second kappa shape index (κ2) is 9.85. The molecule has 1 aliphatic carbocycles. The Morgan fingerprint density at radius 3 is 2.74 bits per heavy atom. The van der Waals surface area contributed by atoms with Crippen LogP contribution in [0.3, 0.4) is 0 Å². The maximum absolute atomic E-state index is 12.9. The van der Waals surface area contributed by atoms with Gasteiger partial charge in [-0.2, -0.15) is 0 Å². The predicted molar refractivity (Wildman–Crippen MR) is 137 cm³/mol. The van der Waals surface area contributed by atoms with Gasteiger partial charge >= 0.3 is 0 Å². The molecule has 2 aliphatic rings. The van der Waals surface area contributed by atoms with Gasteiger partial charge in [-0.3, -0.25) is 4.79 Å². The van der Waals surface area contributed by atoms with Gasteiger partial charge < -0.3 is 25.5 Å². The van der Waals surface area contributed by atoms with E-state index in [0.717, 1.165) is 64.8 Å². The molecule has 0 unspecified atom stereocenters. The van der Waals surface area contributed by atoms with Crippen LogP contribution >= 0.6 is 11.3 Å². The summed E-state index contributed by atoms with van der Waals surface area (Å²) in [6, 6.07) is 6.18. The first-order valence-corrected chi connectivity index (χ1v) is 12.8. The zero-order valence-corrected chi connectivity index (χ0v) is 20.6. The van der Waals surface area contributed by atoms with Crippen LogP contribution in [0.25, 0.3) is 10.1 Å². The normalized spacial score (nSPS) is 19.0. The van der Waals surface area contributed by atoms with E-state index < -0.39 is 0 Å². The van der Waals surface area contributed by atoms with Crippen LogP contribution in [0.1, 0.15) is 46.8 Å². The Hall–Kier alpha value is -2.75. The second-order valence-electron chi connectivity index (χ2n) is 9.40. The SMILES string of the molecule is CN(C)C(=O)c1sc2cnc(Nc3ccc(N4CCN[C@@H](CO)C4)cn3)cc2c1C1CCCC1. The Bertz CT molecular complexity index is 1160. The number of nitrogens with zero attached hydrogens (tertiary/aromatic N) is 4. The number of rotatable bonds is 6. The maximum Gasteiger partial charge on any atom is 0.263 e. The Labute approximate surface area is 204 Å². The van der Waals surface area contributed by atoms with Gasteiger partial charge in [-0.15, -0.1) is 11.3 Å². The lowest BCUT2D eigenvalue weighted by Gasteiger charge is -2.34. The lowest BCUT2D eigenvalue weighted by atomic mass is 9.94. The molecule has 34 heavy (non-hydrogen) atoms. The van der Waals surface area contributed by atoms with Gasteiger partial charge in [-0.1, -0.05) is 12.8 Å². The number of aliphatic hydroxyl groups excluding tert-OH is 1. The van der Waals surface area contributed by atoms with Crippen LogP contribution in [-0.2, 0) is 0 Å². The third-order valence-electron chi connectivity index (χ3n) is 6.82. The monoisotopic (exact) mass is 480 g/mol. The zero-order valence-electron chi connectivity index (χ0n) is 19.8. The molecule has 2 fully saturated rings. The van der Waals surface area contributed by atoms with Gasteiger partial charge in [0.05, 0.1) is 28.1 Å². The van der Waals surface area contributed by atoms with Gasteiger partial charge in [-0.25, -0.2) is 9.97 Å². The Kier molecular flexibility index (Phi) is 6.67. The Morgan fingerprint density at radius 2 is 2.03 bits per heavy atom. The summed E-state index contributed by atoms with van der Waals surface area (Å²) < 4.78 is 1.05. The fourth-order valence-electron chi connectivity index (χ4n) is 5.03. The second-order valence-corrected chi connectivity index (χ2v) is 10.4. The standard InChI is InChI=1S/C25H32N6O2S/c1-30(2)25(33)24-23(16-5-3-4-6-16)19-11-22(28-13-20(19)34-24)29-21-8-7-18(12-27-21)31-10-9-26-17(14-31)15-32/h7-8,11-13,16-17,26,32H,3-6,9-10,14-15H2,1-2H3,(H,27,28,29)/t17-/m1/s1. The highest BCUT2D eigenvalue weighted by Gasteiger charge is 2.28. The van der Waals surface area contributed by atoms with Crippen molar-refractivity contribution in [3.8, 4) is 0 Å². The molecule has 180 valence electrons. The highest BCUT2D eigenvalue weighted by atomic mass is 32.1. The molecule has 1 aliphatic heterocycles. The highest BCUT2D eigenvalue weighted by molar-refractivity contribution is 7.21. The number of pyridine rings is 2. The van der Waals surface area contributed by atoms with Crippen LogP contribution in [0, 0.1) is 0 Å². The van der Waals surface area contributed by atoms with Crippen molar-refractivity contribution in [2.45, 2.75) is 37.6 Å². The molecule has 1 atom stereocenters. The minimum absolute atomic E-state index is 0.0752. The quantitative estimate of drug-likeness (QED) is 0.497. The third-order valence-corrected chi connectivity index (χ3v) is 7.97.